The molecule has 1 atom stereocenters. The Hall–Kier alpha value is -1.71. The first-order chi connectivity index (χ1) is 9.45. The predicted molar refractivity (Wildman–Crippen MR) is 83.2 cm³/mol. The third-order valence-electron chi connectivity index (χ3n) is 2.90. The van der Waals surface area contributed by atoms with Gasteiger partial charge in [-0.1, -0.05) is 35.3 Å². The number of hydrogen-bond acceptors (Lipinski definition) is 2. The Kier molecular flexibility index (Phi) is 4.53. The van der Waals surface area contributed by atoms with Crippen molar-refractivity contribution in [1.82, 2.24) is 5.32 Å². The molecule has 0 radical (unpaired) electrons. The summed E-state index contributed by atoms with van der Waals surface area (Å²) < 4.78 is 0. The molecule has 1 amide bonds. The van der Waals surface area contributed by atoms with Crippen LogP contribution in [-0.4, -0.2) is 5.91 Å². The largest absolute Gasteiger partial charge is 0.399 e. The average Bonchev–Trinajstić information content (AvgIpc) is 2.38. The Labute approximate surface area is 127 Å². The molecule has 0 saturated heterocycles. The number of rotatable bonds is 3. The Morgan fingerprint density at radius 2 is 1.75 bits per heavy atom. The van der Waals surface area contributed by atoms with E-state index in [0.717, 1.165) is 5.56 Å². The fourth-order valence-electron chi connectivity index (χ4n) is 1.86. The van der Waals surface area contributed by atoms with E-state index in [4.69, 9.17) is 28.9 Å². The van der Waals surface area contributed by atoms with Crippen molar-refractivity contribution in [2.75, 3.05) is 5.73 Å². The lowest BCUT2D eigenvalue weighted by Gasteiger charge is -2.15. The highest BCUT2D eigenvalue weighted by Gasteiger charge is 2.12. The van der Waals surface area contributed by atoms with E-state index < -0.39 is 0 Å². The van der Waals surface area contributed by atoms with Crippen LogP contribution in [0.5, 0.6) is 0 Å². The number of halogens is 2. The van der Waals surface area contributed by atoms with Crippen molar-refractivity contribution in [2.45, 2.75) is 13.0 Å². The maximum absolute atomic E-state index is 12.1. The van der Waals surface area contributed by atoms with E-state index in [1.165, 1.54) is 0 Å². The Bertz CT molecular complexity index is 606. The topological polar surface area (TPSA) is 55.1 Å². The summed E-state index contributed by atoms with van der Waals surface area (Å²) in [5.74, 6) is -0.221. The van der Waals surface area contributed by atoms with Gasteiger partial charge >= 0.3 is 0 Å². The lowest BCUT2D eigenvalue weighted by Crippen LogP contribution is -2.26. The second kappa shape index (κ2) is 6.16. The SMILES string of the molecule is C[C@@H](NC(=O)c1cc(N)cc(Cl)c1)c1ccc(Cl)cc1. The minimum Gasteiger partial charge on any atom is -0.399 e. The van der Waals surface area contributed by atoms with Gasteiger partial charge in [0.15, 0.2) is 0 Å². The second-order valence-electron chi connectivity index (χ2n) is 4.52. The lowest BCUT2D eigenvalue weighted by atomic mass is 10.1. The van der Waals surface area contributed by atoms with Crippen LogP contribution in [0.1, 0.15) is 28.9 Å². The van der Waals surface area contributed by atoms with Crippen LogP contribution in [0.15, 0.2) is 42.5 Å². The molecule has 3 N–H and O–H groups in total. The van der Waals surface area contributed by atoms with Crippen molar-refractivity contribution in [1.29, 1.82) is 0 Å². The van der Waals surface area contributed by atoms with Gasteiger partial charge in [0, 0.05) is 21.3 Å². The molecule has 0 spiro atoms. The van der Waals surface area contributed by atoms with Crippen LogP contribution in [0.4, 0.5) is 5.69 Å². The highest BCUT2D eigenvalue weighted by Crippen LogP contribution is 2.19. The molecular formula is C15H14Cl2N2O. The quantitative estimate of drug-likeness (QED) is 0.840. The number of carbonyl (C=O) groups excluding carboxylic acids is 1. The molecule has 2 aromatic carbocycles. The van der Waals surface area contributed by atoms with E-state index in [1.807, 2.05) is 19.1 Å². The summed E-state index contributed by atoms with van der Waals surface area (Å²) in [5, 5.41) is 3.99. The summed E-state index contributed by atoms with van der Waals surface area (Å²) in [5.41, 5.74) is 7.55. The van der Waals surface area contributed by atoms with Gasteiger partial charge in [-0.05, 0) is 42.8 Å². The second-order valence-corrected chi connectivity index (χ2v) is 5.39. The minimum absolute atomic E-state index is 0.139. The van der Waals surface area contributed by atoms with E-state index in [-0.39, 0.29) is 11.9 Å². The van der Waals surface area contributed by atoms with E-state index in [9.17, 15) is 4.79 Å². The van der Waals surface area contributed by atoms with Crippen LogP contribution in [0.2, 0.25) is 10.0 Å². The van der Waals surface area contributed by atoms with Gasteiger partial charge in [0.1, 0.15) is 0 Å². The average molecular weight is 309 g/mol. The molecule has 0 bridgehead atoms. The van der Waals surface area contributed by atoms with Gasteiger partial charge in [-0.2, -0.15) is 0 Å². The van der Waals surface area contributed by atoms with Crippen molar-refractivity contribution in [2.24, 2.45) is 0 Å². The molecule has 3 nitrogen and oxygen atoms in total. The van der Waals surface area contributed by atoms with Crippen molar-refractivity contribution in [3.63, 3.8) is 0 Å². The summed E-state index contributed by atoms with van der Waals surface area (Å²) in [4.78, 5) is 12.1. The third-order valence-corrected chi connectivity index (χ3v) is 3.37. The van der Waals surface area contributed by atoms with Crippen LogP contribution >= 0.6 is 23.2 Å². The van der Waals surface area contributed by atoms with Gasteiger partial charge in [0.25, 0.3) is 5.91 Å². The van der Waals surface area contributed by atoms with Crippen LogP contribution < -0.4 is 11.1 Å². The highest BCUT2D eigenvalue weighted by molar-refractivity contribution is 6.31. The summed E-state index contributed by atoms with van der Waals surface area (Å²) in [6, 6.07) is 12.0. The van der Waals surface area contributed by atoms with Gasteiger partial charge in [-0.25, -0.2) is 0 Å². The normalized spacial score (nSPS) is 11.9. The molecule has 0 heterocycles. The van der Waals surface area contributed by atoms with Gasteiger partial charge < -0.3 is 11.1 Å². The van der Waals surface area contributed by atoms with Crippen molar-refractivity contribution >= 4 is 34.8 Å². The van der Waals surface area contributed by atoms with Gasteiger partial charge in [-0.15, -0.1) is 0 Å². The number of carbonyl (C=O) groups is 1. The van der Waals surface area contributed by atoms with Gasteiger partial charge in [0.2, 0.25) is 0 Å². The Balaban J connectivity index is 2.12. The maximum atomic E-state index is 12.1. The summed E-state index contributed by atoms with van der Waals surface area (Å²) in [6.07, 6.45) is 0. The van der Waals surface area contributed by atoms with Crippen LogP contribution in [0, 0.1) is 0 Å². The van der Waals surface area contributed by atoms with Gasteiger partial charge in [-0.3, -0.25) is 4.79 Å². The third kappa shape index (κ3) is 3.65. The van der Waals surface area contributed by atoms with Crippen LogP contribution in [-0.2, 0) is 0 Å². The molecule has 0 aliphatic rings. The van der Waals surface area contributed by atoms with Crippen LogP contribution in [0.3, 0.4) is 0 Å². The molecule has 0 fully saturated rings. The number of amides is 1. The standard InChI is InChI=1S/C15H14Cl2N2O/c1-9(10-2-4-12(16)5-3-10)19-15(20)11-6-13(17)8-14(18)7-11/h2-9H,18H2,1H3,(H,19,20)/t9-/m1/s1. The Morgan fingerprint density at radius 1 is 1.10 bits per heavy atom. The molecule has 0 aliphatic carbocycles. The first kappa shape index (κ1) is 14.7. The fraction of sp³-hybridized carbons (Fsp3) is 0.133. The maximum Gasteiger partial charge on any atom is 0.251 e. The van der Waals surface area contributed by atoms with E-state index in [1.54, 1.807) is 30.3 Å². The molecular weight excluding hydrogens is 295 g/mol. The van der Waals surface area contributed by atoms with Crippen molar-refractivity contribution in [3.8, 4) is 0 Å². The number of nitrogens with one attached hydrogen (secondary N) is 1. The zero-order valence-corrected chi connectivity index (χ0v) is 12.4. The van der Waals surface area contributed by atoms with Crippen molar-refractivity contribution in [3.05, 3.63) is 63.6 Å². The summed E-state index contributed by atoms with van der Waals surface area (Å²) >= 11 is 11.7. The number of hydrogen-bond donors (Lipinski definition) is 2. The van der Waals surface area contributed by atoms with E-state index >= 15 is 0 Å². The van der Waals surface area contributed by atoms with Crippen molar-refractivity contribution < 1.29 is 4.79 Å². The molecule has 104 valence electrons. The number of nitrogen functional groups attached to an aromatic ring is 1. The molecule has 0 unspecified atom stereocenters. The van der Waals surface area contributed by atoms with Crippen LogP contribution in [0.25, 0.3) is 0 Å². The number of benzene rings is 2. The smallest absolute Gasteiger partial charge is 0.251 e. The molecule has 2 rings (SSSR count). The first-order valence-corrected chi connectivity index (χ1v) is 6.83. The highest BCUT2D eigenvalue weighted by atomic mass is 35.5. The summed E-state index contributed by atoms with van der Waals surface area (Å²) in [7, 11) is 0. The Morgan fingerprint density at radius 3 is 2.35 bits per heavy atom. The number of nitrogens with two attached hydrogens (primary N) is 1. The zero-order chi connectivity index (χ0) is 14.7. The molecule has 0 saturated carbocycles. The number of anilines is 1. The zero-order valence-electron chi connectivity index (χ0n) is 10.9. The van der Waals surface area contributed by atoms with E-state index in [0.29, 0.717) is 21.3 Å². The molecule has 0 aliphatic heterocycles. The monoisotopic (exact) mass is 308 g/mol. The predicted octanol–water partition coefficient (Wildman–Crippen LogP) is 4.07. The van der Waals surface area contributed by atoms with Gasteiger partial charge in [0.05, 0.1) is 6.04 Å². The fourth-order valence-corrected chi connectivity index (χ4v) is 2.23. The molecule has 20 heavy (non-hydrogen) atoms. The van der Waals surface area contributed by atoms with E-state index in [2.05, 4.69) is 5.32 Å². The molecule has 0 aromatic heterocycles. The first-order valence-electron chi connectivity index (χ1n) is 6.08. The minimum atomic E-state index is -0.221. The summed E-state index contributed by atoms with van der Waals surface area (Å²) in [6.45, 7) is 1.90. The lowest BCUT2D eigenvalue weighted by molar-refractivity contribution is 0.0940. The molecule has 2 aromatic rings. The molecule has 5 heteroatoms.